The van der Waals surface area contributed by atoms with Crippen molar-refractivity contribution in [3.8, 4) is 0 Å². The van der Waals surface area contributed by atoms with Gasteiger partial charge >= 0.3 is 11.9 Å². The van der Waals surface area contributed by atoms with Crippen molar-refractivity contribution in [2.24, 2.45) is 11.5 Å². The van der Waals surface area contributed by atoms with E-state index in [9.17, 15) is 39.0 Å². The first-order valence-corrected chi connectivity index (χ1v) is 9.92. The lowest BCUT2D eigenvalue weighted by molar-refractivity contribution is -0.150. The summed E-state index contributed by atoms with van der Waals surface area (Å²) in [6, 6.07) is -5.57. The summed E-state index contributed by atoms with van der Waals surface area (Å²) in [6.07, 6.45) is -2.12. The molecule has 32 heavy (non-hydrogen) atoms. The van der Waals surface area contributed by atoms with Crippen LogP contribution >= 0.6 is 0 Å². The number of primary amides is 1. The number of nitrogens with two attached hydrogens (primary N) is 2. The van der Waals surface area contributed by atoms with Gasteiger partial charge in [0.15, 0.2) is 0 Å². The van der Waals surface area contributed by atoms with Crippen LogP contribution in [0.5, 0.6) is 0 Å². The first-order chi connectivity index (χ1) is 14.8. The van der Waals surface area contributed by atoms with E-state index in [2.05, 4.69) is 10.6 Å². The van der Waals surface area contributed by atoms with E-state index in [1.807, 2.05) is 0 Å². The Bertz CT molecular complexity index is 757. The first-order valence-electron chi connectivity index (χ1n) is 9.92. The van der Waals surface area contributed by atoms with Gasteiger partial charge in [0.25, 0.3) is 0 Å². The molecular formula is C18H29N5O9. The van der Waals surface area contributed by atoms with Crippen molar-refractivity contribution < 1.29 is 44.1 Å². The average molecular weight is 459 g/mol. The highest BCUT2D eigenvalue weighted by atomic mass is 16.4. The van der Waals surface area contributed by atoms with Crippen molar-refractivity contribution in [1.82, 2.24) is 15.5 Å². The van der Waals surface area contributed by atoms with Crippen molar-refractivity contribution in [3.63, 3.8) is 0 Å². The maximum Gasteiger partial charge on any atom is 0.326 e. The molecule has 0 aromatic carbocycles. The summed E-state index contributed by atoms with van der Waals surface area (Å²) in [6.45, 7) is 1.33. The van der Waals surface area contributed by atoms with Gasteiger partial charge in [0.2, 0.25) is 23.6 Å². The molecule has 5 atom stereocenters. The third kappa shape index (κ3) is 7.77. The van der Waals surface area contributed by atoms with Crippen LogP contribution in [0.4, 0.5) is 0 Å². The van der Waals surface area contributed by atoms with Crippen LogP contribution in [0.25, 0.3) is 0 Å². The average Bonchev–Trinajstić information content (AvgIpc) is 3.18. The van der Waals surface area contributed by atoms with Gasteiger partial charge in [-0.15, -0.1) is 0 Å². The first kappa shape index (κ1) is 26.8. The lowest BCUT2D eigenvalue weighted by atomic mass is 10.1. The standard InChI is InChI=1S/C18H29N5O9/c1-8(24)14(20)16(29)21-9(4-5-12(19)25)15(28)22-10(7-13(26)27)17(30)23-6-2-3-11(23)18(31)32/h8-11,14,24H,2-7,20H2,1H3,(H2,19,25)(H,21,29)(H,22,28)(H,26,27)(H,31,32). The SMILES string of the molecule is CC(O)C(N)C(=O)NC(CCC(N)=O)C(=O)NC(CC(=O)O)C(=O)N1CCCC1C(=O)O. The molecule has 4 amide bonds. The second-order valence-electron chi connectivity index (χ2n) is 7.52. The number of nitrogens with one attached hydrogen (secondary N) is 2. The minimum Gasteiger partial charge on any atom is -0.481 e. The molecule has 9 N–H and O–H groups in total. The monoisotopic (exact) mass is 459 g/mol. The van der Waals surface area contributed by atoms with Gasteiger partial charge in [-0.05, 0) is 26.2 Å². The quantitative estimate of drug-likeness (QED) is 0.152. The molecule has 1 heterocycles. The zero-order chi connectivity index (χ0) is 24.6. The molecule has 1 saturated heterocycles. The van der Waals surface area contributed by atoms with E-state index >= 15 is 0 Å². The van der Waals surface area contributed by atoms with E-state index < -0.39 is 72.3 Å². The van der Waals surface area contributed by atoms with Gasteiger partial charge in [-0.2, -0.15) is 0 Å². The zero-order valence-corrected chi connectivity index (χ0v) is 17.5. The number of carboxylic acids is 2. The van der Waals surface area contributed by atoms with Crippen LogP contribution in [0, 0.1) is 0 Å². The van der Waals surface area contributed by atoms with Crippen LogP contribution in [0.15, 0.2) is 0 Å². The van der Waals surface area contributed by atoms with Crippen LogP contribution < -0.4 is 22.1 Å². The van der Waals surface area contributed by atoms with E-state index in [0.717, 1.165) is 4.90 Å². The number of amides is 4. The number of aliphatic hydroxyl groups excluding tert-OH is 1. The molecule has 0 radical (unpaired) electrons. The zero-order valence-electron chi connectivity index (χ0n) is 17.5. The van der Waals surface area contributed by atoms with Gasteiger partial charge in [0, 0.05) is 13.0 Å². The number of hydrogen-bond acceptors (Lipinski definition) is 8. The number of carboxylic acid groups (broad SMARTS) is 2. The summed E-state index contributed by atoms with van der Waals surface area (Å²) in [7, 11) is 0. The number of aliphatic carboxylic acids is 2. The fourth-order valence-electron chi connectivity index (χ4n) is 3.18. The van der Waals surface area contributed by atoms with Crippen molar-refractivity contribution in [3.05, 3.63) is 0 Å². The molecule has 5 unspecified atom stereocenters. The fourth-order valence-corrected chi connectivity index (χ4v) is 3.18. The molecule has 0 saturated carbocycles. The predicted octanol–water partition coefficient (Wildman–Crippen LogP) is -3.52. The molecular weight excluding hydrogens is 430 g/mol. The number of rotatable bonds is 12. The van der Waals surface area contributed by atoms with Crippen LogP contribution in [0.1, 0.15) is 39.0 Å². The van der Waals surface area contributed by atoms with Crippen LogP contribution in [-0.4, -0.2) is 92.6 Å². The fraction of sp³-hybridized carbons (Fsp3) is 0.667. The molecule has 1 aliphatic heterocycles. The molecule has 1 aliphatic rings. The summed E-state index contributed by atoms with van der Waals surface area (Å²) >= 11 is 0. The molecule has 0 spiro atoms. The van der Waals surface area contributed by atoms with Crippen molar-refractivity contribution in [2.45, 2.75) is 69.3 Å². The molecule has 14 nitrogen and oxygen atoms in total. The van der Waals surface area contributed by atoms with Gasteiger partial charge in [-0.3, -0.25) is 24.0 Å². The number of hydrogen-bond donors (Lipinski definition) is 7. The van der Waals surface area contributed by atoms with Gasteiger partial charge in [0.05, 0.1) is 12.5 Å². The second kappa shape index (κ2) is 12.0. The van der Waals surface area contributed by atoms with E-state index in [1.54, 1.807) is 0 Å². The molecule has 14 heteroatoms. The normalized spacial score (nSPS) is 19.3. The van der Waals surface area contributed by atoms with Crippen LogP contribution in [0.3, 0.4) is 0 Å². The number of carbonyl (C=O) groups excluding carboxylic acids is 4. The minimum atomic E-state index is -1.61. The largest absolute Gasteiger partial charge is 0.481 e. The molecule has 1 fully saturated rings. The second-order valence-corrected chi connectivity index (χ2v) is 7.52. The highest BCUT2D eigenvalue weighted by Gasteiger charge is 2.39. The Balaban J connectivity index is 3.04. The number of nitrogens with zero attached hydrogens (tertiary/aromatic N) is 1. The summed E-state index contributed by atoms with van der Waals surface area (Å²) in [4.78, 5) is 72.4. The van der Waals surface area contributed by atoms with Gasteiger partial charge in [-0.1, -0.05) is 0 Å². The van der Waals surface area contributed by atoms with Crippen LogP contribution in [-0.2, 0) is 28.8 Å². The Hall–Kier alpha value is -3.26. The molecule has 0 aromatic heterocycles. The molecule has 0 aromatic rings. The van der Waals surface area contributed by atoms with Gasteiger partial charge in [0.1, 0.15) is 24.2 Å². The topological polar surface area (TPSA) is 242 Å². The van der Waals surface area contributed by atoms with E-state index in [0.29, 0.717) is 6.42 Å². The van der Waals surface area contributed by atoms with Crippen molar-refractivity contribution >= 4 is 35.6 Å². The van der Waals surface area contributed by atoms with Crippen molar-refractivity contribution in [1.29, 1.82) is 0 Å². The van der Waals surface area contributed by atoms with E-state index in [1.165, 1.54) is 6.92 Å². The number of aliphatic hydroxyl groups is 1. The third-order valence-corrected chi connectivity index (χ3v) is 4.95. The highest BCUT2D eigenvalue weighted by molar-refractivity contribution is 5.96. The maximum atomic E-state index is 12.8. The predicted molar refractivity (Wildman–Crippen MR) is 107 cm³/mol. The molecule has 1 rings (SSSR count). The van der Waals surface area contributed by atoms with Crippen LogP contribution in [0.2, 0.25) is 0 Å². The Morgan fingerprint density at radius 1 is 1.06 bits per heavy atom. The summed E-state index contributed by atoms with van der Waals surface area (Å²) < 4.78 is 0. The van der Waals surface area contributed by atoms with E-state index in [-0.39, 0.29) is 25.8 Å². The number of carbonyl (C=O) groups is 6. The number of likely N-dealkylation sites (tertiary alicyclic amines) is 1. The Morgan fingerprint density at radius 2 is 1.66 bits per heavy atom. The summed E-state index contributed by atoms with van der Waals surface area (Å²) in [5.74, 6) is -6.28. The van der Waals surface area contributed by atoms with Gasteiger partial charge < -0.3 is 42.3 Å². The molecule has 0 aliphatic carbocycles. The minimum absolute atomic E-state index is 0.0763. The molecule has 180 valence electrons. The molecule has 0 bridgehead atoms. The lowest BCUT2D eigenvalue weighted by Crippen LogP contribution is -2.58. The smallest absolute Gasteiger partial charge is 0.326 e. The summed E-state index contributed by atoms with van der Waals surface area (Å²) in [5, 5.41) is 32.3. The maximum absolute atomic E-state index is 12.8. The Labute approximate surface area is 183 Å². The lowest BCUT2D eigenvalue weighted by Gasteiger charge is -2.28. The Kier molecular flexibility index (Phi) is 10.00. The highest BCUT2D eigenvalue weighted by Crippen LogP contribution is 2.19. The van der Waals surface area contributed by atoms with Crippen molar-refractivity contribution in [2.75, 3.05) is 6.54 Å². The van der Waals surface area contributed by atoms with Gasteiger partial charge in [-0.25, -0.2) is 4.79 Å². The Morgan fingerprint density at radius 3 is 2.16 bits per heavy atom. The summed E-state index contributed by atoms with van der Waals surface area (Å²) in [5.41, 5.74) is 10.6. The van der Waals surface area contributed by atoms with E-state index in [4.69, 9.17) is 16.6 Å². The third-order valence-electron chi connectivity index (χ3n) is 4.95.